The molecule has 0 atom stereocenters. The third-order valence-electron chi connectivity index (χ3n) is 7.48. The molecular weight excluding hydrogens is 626 g/mol. The second-order valence-electron chi connectivity index (χ2n) is 11.0. The summed E-state index contributed by atoms with van der Waals surface area (Å²) in [4.78, 5) is 12.2. The number of carbonyl (C=O) groups excluding carboxylic acids is 1. The quantitative estimate of drug-likeness (QED) is 0.0807. The van der Waals surface area contributed by atoms with Gasteiger partial charge in [0.05, 0.1) is 79.3 Å². The minimum Gasteiger partial charge on any atom is -0.449 e. The van der Waals surface area contributed by atoms with E-state index in [9.17, 15) is 4.79 Å². The van der Waals surface area contributed by atoms with Crippen LogP contribution in [0.4, 0.5) is 4.79 Å². The van der Waals surface area contributed by atoms with Gasteiger partial charge in [0.25, 0.3) is 0 Å². The molecule has 0 saturated heterocycles. The minimum atomic E-state index is -0.410. The van der Waals surface area contributed by atoms with Crippen LogP contribution in [0.1, 0.15) is 49.1 Å². The number of ether oxygens (including phenoxy) is 8. The molecule has 47 heavy (non-hydrogen) atoms. The number of fused-ring (bicyclic) bond motifs is 3. The van der Waals surface area contributed by atoms with Crippen LogP contribution in [0.3, 0.4) is 0 Å². The number of nitrogens with one attached hydrogen (secondary N) is 1. The summed E-state index contributed by atoms with van der Waals surface area (Å²) in [5.74, 6) is 0.797. The van der Waals surface area contributed by atoms with Crippen molar-refractivity contribution in [2.24, 2.45) is 0 Å². The Bertz CT molecular complexity index is 1030. The molecule has 0 fully saturated rings. The maximum absolute atomic E-state index is 12.2. The van der Waals surface area contributed by atoms with Crippen LogP contribution in [0.2, 0.25) is 0 Å². The highest BCUT2D eigenvalue weighted by atomic mass is 35.5. The zero-order valence-corrected chi connectivity index (χ0v) is 28.6. The van der Waals surface area contributed by atoms with E-state index in [2.05, 4.69) is 29.6 Å². The van der Waals surface area contributed by atoms with Gasteiger partial charge in [-0.1, -0.05) is 61.4 Å². The van der Waals surface area contributed by atoms with Crippen molar-refractivity contribution in [1.82, 2.24) is 5.32 Å². The molecule has 0 saturated carbocycles. The Kier molecular flexibility index (Phi) is 22.2. The normalized spacial score (nSPS) is 12.3. The van der Waals surface area contributed by atoms with Crippen molar-refractivity contribution in [3.8, 4) is 11.1 Å². The van der Waals surface area contributed by atoms with Gasteiger partial charge in [0, 0.05) is 31.6 Å². The summed E-state index contributed by atoms with van der Waals surface area (Å²) < 4.78 is 44.2. The third-order valence-corrected chi connectivity index (χ3v) is 7.75. The second kappa shape index (κ2) is 26.6. The Balaban J connectivity index is 0.994. The lowest BCUT2D eigenvalue weighted by molar-refractivity contribution is -0.0206. The molecule has 1 amide bonds. The maximum atomic E-state index is 12.2. The van der Waals surface area contributed by atoms with Gasteiger partial charge in [-0.2, -0.15) is 0 Å². The number of hydrogen-bond donors (Lipinski definition) is 1. The Hall–Kier alpha value is -2.28. The first-order valence-electron chi connectivity index (χ1n) is 17.0. The molecule has 11 heteroatoms. The standard InChI is InChI=1S/C36H54ClNO9/c37-14-7-1-2-8-16-40-18-20-42-22-24-44-26-28-46-29-27-45-25-23-43-21-19-41-17-9-15-38-36(39)47-30-35-33-12-5-3-10-31(33)32-11-4-6-13-34(32)35/h3-6,10-13,35H,1-2,7-9,14-30H2,(H,38,39). The second-order valence-corrected chi connectivity index (χ2v) is 11.4. The highest BCUT2D eigenvalue weighted by Gasteiger charge is 2.28. The molecule has 10 nitrogen and oxygen atoms in total. The van der Waals surface area contributed by atoms with E-state index in [0.717, 1.165) is 31.7 Å². The van der Waals surface area contributed by atoms with Crippen LogP contribution in [0.5, 0.6) is 0 Å². The Labute approximate surface area is 285 Å². The van der Waals surface area contributed by atoms with Crippen molar-refractivity contribution >= 4 is 17.7 Å². The van der Waals surface area contributed by atoms with Crippen LogP contribution in [0.15, 0.2) is 48.5 Å². The number of carbonyl (C=O) groups is 1. The number of alkyl halides is 1. The predicted octanol–water partition coefficient (Wildman–Crippen LogP) is 5.83. The predicted molar refractivity (Wildman–Crippen MR) is 183 cm³/mol. The number of hydrogen-bond acceptors (Lipinski definition) is 9. The third kappa shape index (κ3) is 17.1. The average Bonchev–Trinajstić information content (AvgIpc) is 3.42. The number of amides is 1. The Morgan fingerprint density at radius 1 is 0.532 bits per heavy atom. The van der Waals surface area contributed by atoms with Crippen LogP contribution in [0, 0.1) is 0 Å². The van der Waals surface area contributed by atoms with Crippen molar-refractivity contribution in [2.75, 3.05) is 112 Å². The minimum absolute atomic E-state index is 0.0558. The first-order chi connectivity index (χ1) is 23.3. The summed E-state index contributed by atoms with van der Waals surface area (Å²) >= 11 is 5.66. The van der Waals surface area contributed by atoms with E-state index < -0.39 is 6.09 Å². The molecule has 3 rings (SSSR count). The summed E-state index contributed by atoms with van der Waals surface area (Å²) in [6.07, 6.45) is 4.77. The van der Waals surface area contributed by atoms with E-state index in [1.165, 1.54) is 28.7 Å². The van der Waals surface area contributed by atoms with Gasteiger partial charge in [-0.05, 0) is 41.5 Å². The van der Waals surface area contributed by atoms with Crippen molar-refractivity contribution in [1.29, 1.82) is 0 Å². The van der Waals surface area contributed by atoms with E-state index >= 15 is 0 Å². The van der Waals surface area contributed by atoms with Crippen molar-refractivity contribution in [3.05, 3.63) is 59.7 Å². The number of unbranched alkanes of at least 4 members (excludes halogenated alkanes) is 3. The zero-order chi connectivity index (χ0) is 33.0. The summed E-state index contributed by atoms with van der Waals surface area (Å²) in [5, 5.41) is 2.81. The average molecular weight is 680 g/mol. The monoisotopic (exact) mass is 679 g/mol. The van der Waals surface area contributed by atoms with Gasteiger partial charge in [0.2, 0.25) is 0 Å². The molecule has 0 aliphatic heterocycles. The first-order valence-corrected chi connectivity index (χ1v) is 17.5. The lowest BCUT2D eigenvalue weighted by Crippen LogP contribution is -2.27. The zero-order valence-electron chi connectivity index (χ0n) is 27.8. The Morgan fingerprint density at radius 3 is 1.40 bits per heavy atom. The molecule has 0 aromatic heterocycles. The van der Waals surface area contributed by atoms with E-state index in [1.807, 2.05) is 24.3 Å². The highest BCUT2D eigenvalue weighted by molar-refractivity contribution is 6.17. The van der Waals surface area contributed by atoms with E-state index in [-0.39, 0.29) is 5.92 Å². The summed E-state index contributed by atoms with van der Waals surface area (Å²) in [5.41, 5.74) is 4.82. The fourth-order valence-corrected chi connectivity index (χ4v) is 5.28. The molecule has 0 radical (unpaired) electrons. The van der Waals surface area contributed by atoms with Crippen LogP contribution in [-0.2, 0) is 37.9 Å². The number of rotatable bonds is 30. The molecule has 1 N–H and O–H groups in total. The molecular formula is C36H54ClNO9. The van der Waals surface area contributed by atoms with Crippen molar-refractivity contribution < 1.29 is 42.7 Å². The van der Waals surface area contributed by atoms with Gasteiger partial charge >= 0.3 is 6.09 Å². The van der Waals surface area contributed by atoms with Gasteiger partial charge in [-0.15, -0.1) is 11.6 Å². The molecule has 0 bridgehead atoms. The van der Waals surface area contributed by atoms with Gasteiger partial charge < -0.3 is 43.2 Å². The molecule has 0 unspecified atom stereocenters. The lowest BCUT2D eigenvalue weighted by Gasteiger charge is -2.14. The fraction of sp³-hybridized carbons (Fsp3) is 0.639. The summed E-state index contributed by atoms with van der Waals surface area (Å²) in [6, 6.07) is 16.6. The molecule has 2 aromatic rings. The fourth-order valence-electron chi connectivity index (χ4n) is 5.09. The molecule has 0 heterocycles. The van der Waals surface area contributed by atoms with Crippen LogP contribution < -0.4 is 5.32 Å². The van der Waals surface area contributed by atoms with Gasteiger partial charge in [0.15, 0.2) is 0 Å². The molecule has 1 aliphatic carbocycles. The van der Waals surface area contributed by atoms with E-state index in [4.69, 9.17) is 49.5 Å². The maximum Gasteiger partial charge on any atom is 0.407 e. The van der Waals surface area contributed by atoms with Gasteiger partial charge in [-0.25, -0.2) is 4.79 Å². The Morgan fingerprint density at radius 2 is 0.936 bits per heavy atom. The number of halogens is 1. The molecule has 0 spiro atoms. The number of benzene rings is 2. The molecule has 264 valence electrons. The first kappa shape index (κ1) is 39.2. The summed E-state index contributed by atoms with van der Waals surface area (Å²) in [7, 11) is 0. The van der Waals surface area contributed by atoms with Gasteiger partial charge in [0.1, 0.15) is 6.61 Å². The highest BCUT2D eigenvalue weighted by Crippen LogP contribution is 2.44. The van der Waals surface area contributed by atoms with Crippen molar-refractivity contribution in [2.45, 2.75) is 38.0 Å². The topological polar surface area (TPSA) is 103 Å². The van der Waals surface area contributed by atoms with E-state index in [0.29, 0.717) is 105 Å². The van der Waals surface area contributed by atoms with E-state index in [1.54, 1.807) is 0 Å². The van der Waals surface area contributed by atoms with Crippen LogP contribution in [-0.4, -0.2) is 118 Å². The largest absolute Gasteiger partial charge is 0.449 e. The lowest BCUT2D eigenvalue weighted by atomic mass is 9.98. The smallest absolute Gasteiger partial charge is 0.407 e. The molecule has 1 aliphatic rings. The van der Waals surface area contributed by atoms with Gasteiger partial charge in [-0.3, -0.25) is 0 Å². The summed E-state index contributed by atoms with van der Waals surface area (Å²) in [6.45, 7) is 8.43. The number of alkyl carbamates (subject to hydrolysis) is 1. The van der Waals surface area contributed by atoms with Crippen molar-refractivity contribution in [3.63, 3.8) is 0 Å². The van der Waals surface area contributed by atoms with Crippen LogP contribution >= 0.6 is 11.6 Å². The SMILES string of the molecule is O=C(NCCCOCCOCCOCCOCCOCCOCCOCCCCCCCl)OCC1c2ccccc2-c2ccccc21. The van der Waals surface area contributed by atoms with Crippen LogP contribution in [0.25, 0.3) is 11.1 Å². The molecule has 2 aromatic carbocycles.